The quantitative estimate of drug-likeness (QED) is 0.689. The van der Waals surface area contributed by atoms with Crippen molar-refractivity contribution in [2.45, 2.75) is 18.6 Å². The van der Waals surface area contributed by atoms with Gasteiger partial charge < -0.3 is 20.1 Å². The van der Waals surface area contributed by atoms with Gasteiger partial charge in [-0.15, -0.1) is 0 Å². The second-order valence-electron chi connectivity index (χ2n) is 6.72. The number of hydrogen-bond donors (Lipinski definition) is 2. The average molecular weight is 394 g/mol. The first-order valence-corrected chi connectivity index (χ1v) is 9.27. The fourth-order valence-corrected chi connectivity index (χ4v) is 3.35. The highest BCUT2D eigenvalue weighted by molar-refractivity contribution is 5.93. The standard InChI is InChI=1S/C20H22N6O3/c1-26-12-14(11-23-26)18-15(4-3-8-21-18)24-20(27)25-16-7-9-29-19(16)13-5-6-17(28-2)22-10-13/h3-6,8,10-12,16,19H,7,9H2,1-2H3,(H2,24,25,27)/t16-,19+/m1/s1. The molecule has 0 spiro atoms. The minimum absolute atomic E-state index is 0.163. The number of nitrogens with zero attached hydrogens (tertiary/aromatic N) is 4. The molecule has 3 aromatic heterocycles. The number of aryl methyl sites for hydroxylation is 1. The van der Waals surface area contributed by atoms with E-state index in [1.807, 2.05) is 25.4 Å². The molecule has 150 valence electrons. The van der Waals surface area contributed by atoms with Crippen LogP contribution in [-0.4, -0.2) is 45.5 Å². The Balaban J connectivity index is 1.46. The first kappa shape index (κ1) is 18.9. The maximum absolute atomic E-state index is 12.7. The second-order valence-corrected chi connectivity index (χ2v) is 6.72. The van der Waals surface area contributed by atoms with E-state index in [0.29, 0.717) is 30.3 Å². The van der Waals surface area contributed by atoms with E-state index < -0.39 is 0 Å². The maximum Gasteiger partial charge on any atom is 0.319 e. The molecule has 2 amide bonds. The van der Waals surface area contributed by atoms with Crippen molar-refractivity contribution in [2.75, 3.05) is 19.0 Å². The van der Waals surface area contributed by atoms with Crippen molar-refractivity contribution in [2.24, 2.45) is 7.05 Å². The molecule has 9 nitrogen and oxygen atoms in total. The first-order valence-electron chi connectivity index (χ1n) is 9.27. The number of carbonyl (C=O) groups is 1. The molecule has 1 fully saturated rings. The third kappa shape index (κ3) is 4.19. The van der Waals surface area contributed by atoms with Crippen LogP contribution >= 0.6 is 0 Å². The summed E-state index contributed by atoms with van der Waals surface area (Å²) >= 11 is 0. The summed E-state index contributed by atoms with van der Waals surface area (Å²) in [4.78, 5) is 21.3. The van der Waals surface area contributed by atoms with Crippen LogP contribution in [0.5, 0.6) is 5.88 Å². The first-order chi connectivity index (χ1) is 14.1. The van der Waals surface area contributed by atoms with Crippen molar-refractivity contribution in [3.8, 4) is 17.1 Å². The predicted molar refractivity (Wildman–Crippen MR) is 106 cm³/mol. The molecule has 1 saturated heterocycles. The fraction of sp³-hybridized carbons (Fsp3) is 0.300. The Kier molecular flexibility index (Phi) is 5.39. The zero-order valence-corrected chi connectivity index (χ0v) is 16.2. The number of ether oxygens (including phenoxy) is 2. The Morgan fingerprint density at radius 1 is 1.28 bits per heavy atom. The number of hydrogen-bond acceptors (Lipinski definition) is 6. The van der Waals surface area contributed by atoms with Crippen LogP contribution in [0.25, 0.3) is 11.3 Å². The molecule has 1 aliphatic heterocycles. The van der Waals surface area contributed by atoms with E-state index >= 15 is 0 Å². The summed E-state index contributed by atoms with van der Waals surface area (Å²) in [7, 11) is 3.40. The molecule has 2 N–H and O–H groups in total. The highest BCUT2D eigenvalue weighted by Gasteiger charge is 2.31. The van der Waals surface area contributed by atoms with Gasteiger partial charge in [-0.2, -0.15) is 5.10 Å². The van der Waals surface area contributed by atoms with Gasteiger partial charge in [0.05, 0.1) is 30.7 Å². The van der Waals surface area contributed by atoms with Gasteiger partial charge in [-0.05, 0) is 24.6 Å². The summed E-state index contributed by atoms with van der Waals surface area (Å²) in [5.41, 5.74) is 3.00. The molecular weight excluding hydrogens is 372 g/mol. The van der Waals surface area contributed by atoms with Gasteiger partial charge in [0.25, 0.3) is 0 Å². The molecule has 2 atom stereocenters. The van der Waals surface area contributed by atoms with Crippen molar-refractivity contribution < 1.29 is 14.3 Å². The Labute approximate surface area is 168 Å². The van der Waals surface area contributed by atoms with E-state index in [-0.39, 0.29) is 18.2 Å². The minimum atomic E-state index is -0.315. The molecule has 3 aromatic rings. The average Bonchev–Trinajstić information content (AvgIpc) is 3.37. The van der Waals surface area contributed by atoms with Crippen LogP contribution < -0.4 is 15.4 Å². The molecule has 1 aliphatic rings. The highest BCUT2D eigenvalue weighted by Crippen LogP contribution is 2.30. The van der Waals surface area contributed by atoms with Gasteiger partial charge in [-0.3, -0.25) is 9.67 Å². The molecule has 0 unspecified atom stereocenters. The zero-order valence-electron chi connectivity index (χ0n) is 16.2. The summed E-state index contributed by atoms with van der Waals surface area (Å²) in [5, 5.41) is 10.1. The van der Waals surface area contributed by atoms with E-state index in [4.69, 9.17) is 9.47 Å². The van der Waals surface area contributed by atoms with E-state index in [1.54, 1.807) is 42.5 Å². The third-order valence-corrected chi connectivity index (χ3v) is 4.74. The van der Waals surface area contributed by atoms with Crippen LogP contribution in [-0.2, 0) is 11.8 Å². The Morgan fingerprint density at radius 2 is 2.17 bits per heavy atom. The van der Waals surface area contributed by atoms with Crippen LogP contribution in [0.1, 0.15) is 18.1 Å². The molecule has 29 heavy (non-hydrogen) atoms. The molecule has 0 radical (unpaired) electrons. The smallest absolute Gasteiger partial charge is 0.319 e. The topological polar surface area (TPSA) is 103 Å². The van der Waals surface area contributed by atoms with Crippen molar-refractivity contribution in [3.63, 3.8) is 0 Å². The summed E-state index contributed by atoms with van der Waals surface area (Å²) in [6.07, 6.45) is 7.41. The van der Waals surface area contributed by atoms with E-state index in [1.165, 1.54) is 0 Å². The summed E-state index contributed by atoms with van der Waals surface area (Å²) in [6.45, 7) is 0.565. The normalized spacial score (nSPS) is 18.4. The molecular formula is C20H22N6O3. The van der Waals surface area contributed by atoms with E-state index in [2.05, 4.69) is 25.7 Å². The number of aromatic nitrogens is 4. The molecule has 0 aromatic carbocycles. The lowest BCUT2D eigenvalue weighted by molar-refractivity contribution is 0.100. The van der Waals surface area contributed by atoms with Gasteiger partial charge in [0.15, 0.2) is 0 Å². The Hall–Kier alpha value is -3.46. The van der Waals surface area contributed by atoms with Gasteiger partial charge in [0.2, 0.25) is 5.88 Å². The van der Waals surface area contributed by atoms with Gasteiger partial charge in [-0.25, -0.2) is 9.78 Å². The summed E-state index contributed by atoms with van der Waals surface area (Å²) in [6, 6.07) is 6.79. The third-order valence-electron chi connectivity index (χ3n) is 4.74. The summed E-state index contributed by atoms with van der Waals surface area (Å²) in [5.74, 6) is 0.536. The van der Waals surface area contributed by atoms with Gasteiger partial charge in [0.1, 0.15) is 6.10 Å². The monoisotopic (exact) mass is 394 g/mol. The molecule has 0 bridgehead atoms. The number of urea groups is 1. The number of nitrogens with one attached hydrogen (secondary N) is 2. The molecule has 0 saturated carbocycles. The molecule has 4 rings (SSSR count). The lowest BCUT2D eigenvalue weighted by Gasteiger charge is -2.20. The lowest BCUT2D eigenvalue weighted by Crippen LogP contribution is -2.39. The number of rotatable bonds is 5. The lowest BCUT2D eigenvalue weighted by atomic mass is 10.0. The van der Waals surface area contributed by atoms with Crippen molar-refractivity contribution in [1.29, 1.82) is 0 Å². The van der Waals surface area contributed by atoms with Crippen molar-refractivity contribution in [3.05, 3.63) is 54.6 Å². The van der Waals surface area contributed by atoms with E-state index in [0.717, 1.165) is 11.1 Å². The SMILES string of the molecule is COc1ccc([C@@H]2OCC[C@H]2NC(=O)Nc2cccnc2-c2cnn(C)c2)cn1. The molecule has 4 heterocycles. The van der Waals surface area contributed by atoms with Crippen LogP contribution in [0.4, 0.5) is 10.5 Å². The second kappa shape index (κ2) is 8.27. The fourth-order valence-electron chi connectivity index (χ4n) is 3.35. The Bertz CT molecular complexity index is 988. The highest BCUT2D eigenvalue weighted by atomic mass is 16.5. The zero-order chi connectivity index (χ0) is 20.2. The number of amides is 2. The number of anilines is 1. The van der Waals surface area contributed by atoms with Crippen LogP contribution in [0.3, 0.4) is 0 Å². The van der Waals surface area contributed by atoms with Crippen LogP contribution in [0.2, 0.25) is 0 Å². The predicted octanol–water partition coefficient (Wildman–Crippen LogP) is 2.54. The van der Waals surface area contributed by atoms with E-state index in [9.17, 15) is 4.79 Å². The molecule has 9 heteroatoms. The molecule has 0 aliphatic carbocycles. The van der Waals surface area contributed by atoms with Crippen molar-refractivity contribution >= 4 is 11.7 Å². The Morgan fingerprint density at radius 3 is 2.90 bits per heavy atom. The van der Waals surface area contributed by atoms with Gasteiger partial charge in [0, 0.05) is 49.4 Å². The van der Waals surface area contributed by atoms with Gasteiger partial charge in [-0.1, -0.05) is 0 Å². The maximum atomic E-state index is 12.7. The minimum Gasteiger partial charge on any atom is -0.481 e. The van der Waals surface area contributed by atoms with Crippen molar-refractivity contribution in [1.82, 2.24) is 25.1 Å². The van der Waals surface area contributed by atoms with Crippen LogP contribution in [0, 0.1) is 0 Å². The number of methoxy groups -OCH3 is 1. The van der Waals surface area contributed by atoms with Gasteiger partial charge >= 0.3 is 6.03 Å². The number of pyridine rings is 2. The van der Waals surface area contributed by atoms with Crippen LogP contribution in [0.15, 0.2) is 49.1 Å². The number of carbonyl (C=O) groups excluding carboxylic acids is 1. The largest absolute Gasteiger partial charge is 0.481 e. The summed E-state index contributed by atoms with van der Waals surface area (Å²) < 4.78 is 12.6.